The number of amides is 1. The molecule has 0 aliphatic heterocycles. The highest BCUT2D eigenvalue weighted by atomic mass is 16.5. The zero-order valence-corrected chi connectivity index (χ0v) is 44.0. The predicted octanol–water partition coefficient (Wildman–Crippen LogP) is 18.1. The highest BCUT2D eigenvalue weighted by molar-refractivity contribution is 5.76. The molecule has 0 aromatic heterocycles. The van der Waals surface area contributed by atoms with Crippen LogP contribution in [0.3, 0.4) is 0 Å². The Morgan fingerprint density at radius 2 is 0.723 bits per heavy atom. The first-order chi connectivity index (χ1) is 32.0. The van der Waals surface area contributed by atoms with Gasteiger partial charge in [0.15, 0.2) is 0 Å². The summed E-state index contributed by atoms with van der Waals surface area (Å²) in [5, 5.41) is 23.3. The minimum atomic E-state index is -0.672. The van der Waals surface area contributed by atoms with E-state index in [-0.39, 0.29) is 18.5 Å². The summed E-state index contributed by atoms with van der Waals surface area (Å²) < 4.78 is 5.46. The molecule has 0 heterocycles. The number of ether oxygens (including phenoxy) is 1. The van der Waals surface area contributed by atoms with Crippen LogP contribution in [0.25, 0.3) is 0 Å². The number of carbonyl (C=O) groups is 2. The van der Waals surface area contributed by atoms with E-state index in [2.05, 4.69) is 31.3 Å². The second-order valence-corrected chi connectivity index (χ2v) is 20.3. The average molecular weight is 919 g/mol. The van der Waals surface area contributed by atoms with Crippen molar-refractivity contribution in [2.75, 3.05) is 13.2 Å². The Morgan fingerprint density at radius 1 is 0.415 bits per heavy atom. The number of rotatable bonds is 55. The fraction of sp³-hybridized carbons (Fsp3) is 0.932. The first kappa shape index (κ1) is 63.6. The van der Waals surface area contributed by atoms with Crippen LogP contribution in [0.4, 0.5) is 0 Å². The summed E-state index contributed by atoms with van der Waals surface area (Å²) in [6.07, 6.45) is 64.9. The molecule has 0 aliphatic carbocycles. The van der Waals surface area contributed by atoms with E-state index in [1.54, 1.807) is 0 Å². The molecule has 6 heteroatoms. The van der Waals surface area contributed by atoms with E-state index in [1.165, 1.54) is 244 Å². The summed E-state index contributed by atoms with van der Waals surface area (Å²) in [7, 11) is 0. The molecule has 0 aliphatic rings. The van der Waals surface area contributed by atoms with E-state index in [4.69, 9.17) is 4.74 Å². The van der Waals surface area contributed by atoms with E-state index >= 15 is 0 Å². The molecule has 0 aromatic rings. The Morgan fingerprint density at radius 3 is 1.09 bits per heavy atom. The summed E-state index contributed by atoms with van der Waals surface area (Å²) in [6.45, 7) is 4.95. The zero-order chi connectivity index (χ0) is 47.2. The first-order valence-corrected chi connectivity index (χ1v) is 29.4. The van der Waals surface area contributed by atoms with Gasteiger partial charge in [-0.3, -0.25) is 9.59 Å². The van der Waals surface area contributed by atoms with Crippen LogP contribution in [0.2, 0.25) is 0 Å². The fourth-order valence-corrected chi connectivity index (χ4v) is 9.28. The van der Waals surface area contributed by atoms with Gasteiger partial charge < -0.3 is 20.3 Å². The minimum absolute atomic E-state index is 0.000399. The monoisotopic (exact) mass is 918 g/mol. The summed E-state index contributed by atoms with van der Waals surface area (Å²) in [6, 6.07) is -0.550. The maximum Gasteiger partial charge on any atom is 0.305 e. The average Bonchev–Trinajstić information content (AvgIpc) is 3.31. The molecule has 2 atom stereocenters. The Hall–Kier alpha value is -1.40. The molecule has 0 saturated heterocycles. The molecule has 6 nitrogen and oxygen atoms in total. The van der Waals surface area contributed by atoms with E-state index in [0.29, 0.717) is 25.9 Å². The van der Waals surface area contributed by atoms with Crippen LogP contribution in [0.15, 0.2) is 12.2 Å². The van der Waals surface area contributed by atoms with Crippen LogP contribution in [0, 0.1) is 0 Å². The molecule has 0 fully saturated rings. The topological polar surface area (TPSA) is 95.9 Å². The number of carbonyl (C=O) groups excluding carboxylic acids is 2. The van der Waals surface area contributed by atoms with Crippen molar-refractivity contribution in [2.24, 2.45) is 0 Å². The second-order valence-electron chi connectivity index (χ2n) is 20.3. The molecule has 0 saturated carbocycles. The van der Waals surface area contributed by atoms with E-state index in [0.717, 1.165) is 51.4 Å². The Kier molecular flexibility index (Phi) is 54.0. The molecular formula is C59H115NO5. The van der Waals surface area contributed by atoms with Crippen molar-refractivity contribution < 1.29 is 24.5 Å². The third-order valence-electron chi connectivity index (χ3n) is 13.8. The SMILES string of the molecule is CCCCCCCCCCCCCCCCCCCCCC(O)C(CO)NC(=O)CCCCCCCCC/C=C\CCCCCCCCOC(=O)CCCCCCCCCCCCCC. The molecule has 386 valence electrons. The summed E-state index contributed by atoms with van der Waals surface area (Å²) in [4.78, 5) is 24.5. The largest absolute Gasteiger partial charge is 0.466 e. The highest BCUT2D eigenvalue weighted by Gasteiger charge is 2.20. The number of allylic oxidation sites excluding steroid dienone is 2. The molecule has 1 amide bonds. The summed E-state index contributed by atoms with van der Waals surface area (Å²) in [5.41, 5.74) is 0. The van der Waals surface area contributed by atoms with Gasteiger partial charge in [-0.25, -0.2) is 0 Å². The lowest BCUT2D eigenvalue weighted by Crippen LogP contribution is -2.45. The van der Waals surface area contributed by atoms with Gasteiger partial charge in [-0.15, -0.1) is 0 Å². The lowest BCUT2D eigenvalue weighted by molar-refractivity contribution is -0.143. The molecule has 0 radical (unpaired) electrons. The third kappa shape index (κ3) is 51.8. The lowest BCUT2D eigenvalue weighted by Gasteiger charge is -2.22. The maximum atomic E-state index is 12.5. The Labute approximate surface area is 406 Å². The zero-order valence-electron chi connectivity index (χ0n) is 44.0. The Bertz CT molecular complexity index is 970. The number of unbranched alkanes of at least 4 members (excludes halogenated alkanes) is 42. The van der Waals surface area contributed by atoms with Crippen LogP contribution in [0.1, 0.15) is 328 Å². The van der Waals surface area contributed by atoms with Crippen LogP contribution in [-0.2, 0) is 14.3 Å². The Balaban J connectivity index is 3.45. The van der Waals surface area contributed by atoms with Crippen LogP contribution < -0.4 is 5.32 Å². The van der Waals surface area contributed by atoms with Crippen molar-refractivity contribution >= 4 is 11.9 Å². The number of nitrogens with one attached hydrogen (secondary N) is 1. The summed E-state index contributed by atoms with van der Waals surface area (Å²) in [5.74, 6) is -0.0443. The predicted molar refractivity (Wildman–Crippen MR) is 283 cm³/mol. The van der Waals surface area contributed by atoms with Crippen molar-refractivity contribution in [3.63, 3.8) is 0 Å². The van der Waals surface area contributed by atoms with Crippen molar-refractivity contribution in [3.8, 4) is 0 Å². The van der Waals surface area contributed by atoms with Crippen LogP contribution >= 0.6 is 0 Å². The molecule has 2 unspecified atom stereocenters. The molecule has 0 rings (SSSR count). The van der Waals surface area contributed by atoms with Gasteiger partial charge in [-0.1, -0.05) is 276 Å². The first-order valence-electron chi connectivity index (χ1n) is 29.4. The van der Waals surface area contributed by atoms with Crippen molar-refractivity contribution in [1.29, 1.82) is 0 Å². The van der Waals surface area contributed by atoms with Crippen LogP contribution in [0.5, 0.6) is 0 Å². The third-order valence-corrected chi connectivity index (χ3v) is 13.8. The highest BCUT2D eigenvalue weighted by Crippen LogP contribution is 2.17. The quantitative estimate of drug-likeness (QED) is 0.0321. The maximum absolute atomic E-state index is 12.5. The number of aliphatic hydroxyl groups is 2. The van der Waals surface area contributed by atoms with Gasteiger partial charge in [-0.05, 0) is 51.4 Å². The second kappa shape index (κ2) is 55.2. The smallest absolute Gasteiger partial charge is 0.305 e. The van der Waals surface area contributed by atoms with Gasteiger partial charge in [0.25, 0.3) is 0 Å². The molecule has 0 spiro atoms. The van der Waals surface area contributed by atoms with E-state index in [9.17, 15) is 19.8 Å². The molecule has 65 heavy (non-hydrogen) atoms. The van der Waals surface area contributed by atoms with Crippen molar-refractivity contribution in [2.45, 2.75) is 341 Å². The van der Waals surface area contributed by atoms with Gasteiger partial charge >= 0.3 is 5.97 Å². The van der Waals surface area contributed by atoms with E-state index < -0.39 is 12.1 Å². The fourth-order valence-electron chi connectivity index (χ4n) is 9.28. The van der Waals surface area contributed by atoms with E-state index in [1.807, 2.05) is 0 Å². The van der Waals surface area contributed by atoms with Crippen molar-refractivity contribution in [3.05, 3.63) is 12.2 Å². The van der Waals surface area contributed by atoms with Gasteiger partial charge in [0.2, 0.25) is 5.91 Å². The molecular weight excluding hydrogens is 803 g/mol. The molecule has 0 aromatic carbocycles. The standard InChI is InChI=1S/C59H115NO5/c1-3-5-7-9-11-13-15-17-18-19-20-22-25-28-31-35-39-43-47-51-57(62)56(55-61)60-58(63)52-48-44-40-36-32-29-26-23-21-24-27-30-34-38-42-46-50-54-65-59(64)53-49-45-41-37-33-16-14-12-10-8-6-4-2/h21,24,56-57,61-62H,3-20,22-23,25-55H2,1-2H3,(H,60,63)/b24-21-. The number of esters is 1. The number of aliphatic hydroxyl groups excluding tert-OH is 2. The summed E-state index contributed by atoms with van der Waals surface area (Å²) >= 11 is 0. The van der Waals surface area contributed by atoms with Gasteiger partial charge in [0.1, 0.15) is 0 Å². The minimum Gasteiger partial charge on any atom is -0.466 e. The van der Waals surface area contributed by atoms with Crippen molar-refractivity contribution in [1.82, 2.24) is 5.32 Å². The van der Waals surface area contributed by atoms with Gasteiger partial charge in [0, 0.05) is 12.8 Å². The van der Waals surface area contributed by atoms with Crippen LogP contribution in [-0.4, -0.2) is 47.4 Å². The normalized spacial score (nSPS) is 12.6. The molecule has 0 bridgehead atoms. The van der Waals surface area contributed by atoms with Gasteiger partial charge in [-0.2, -0.15) is 0 Å². The number of hydrogen-bond acceptors (Lipinski definition) is 5. The molecule has 3 N–H and O–H groups in total. The number of hydrogen-bond donors (Lipinski definition) is 3. The van der Waals surface area contributed by atoms with Gasteiger partial charge in [0.05, 0.1) is 25.4 Å². The lowest BCUT2D eigenvalue weighted by atomic mass is 10.0.